The molecule has 2 aromatic rings. The third-order valence-electron chi connectivity index (χ3n) is 6.08. The first-order valence-corrected chi connectivity index (χ1v) is 15.0. The molecule has 0 radical (unpaired) electrons. The number of nitrogens with two attached hydrogens (primary N) is 1. The van der Waals surface area contributed by atoms with Crippen LogP contribution < -0.4 is 21.7 Å². The lowest BCUT2D eigenvalue weighted by molar-refractivity contribution is 0.0935. The summed E-state index contributed by atoms with van der Waals surface area (Å²) in [6, 6.07) is 6.65. The van der Waals surface area contributed by atoms with Gasteiger partial charge >= 0.3 is 0 Å². The molecule has 1 unspecified atom stereocenters. The second-order valence-electron chi connectivity index (χ2n) is 10.4. The Bertz CT molecular complexity index is 1210. The molecular weight excluding hydrogens is 528 g/mol. The summed E-state index contributed by atoms with van der Waals surface area (Å²) < 4.78 is 0. The van der Waals surface area contributed by atoms with Gasteiger partial charge in [-0.2, -0.15) is 0 Å². The van der Waals surface area contributed by atoms with Crippen LogP contribution in [0.3, 0.4) is 0 Å². The Hall–Kier alpha value is -2.98. The predicted molar refractivity (Wildman–Crippen MR) is 166 cm³/mol. The first-order valence-electron chi connectivity index (χ1n) is 13.3. The Morgan fingerprint density at radius 1 is 0.923 bits per heavy atom. The van der Waals surface area contributed by atoms with Crippen molar-refractivity contribution in [3.05, 3.63) is 55.9 Å². The van der Waals surface area contributed by atoms with Crippen molar-refractivity contribution in [1.82, 2.24) is 16.0 Å². The van der Waals surface area contributed by atoms with Crippen LogP contribution in [-0.4, -0.2) is 48.3 Å². The number of carbonyl (C=O) groups excluding carboxylic acids is 2. The number of aryl methyl sites for hydroxylation is 2. The van der Waals surface area contributed by atoms with Gasteiger partial charge in [-0.05, 0) is 69.4 Å². The maximum absolute atomic E-state index is 13.0. The van der Waals surface area contributed by atoms with Crippen molar-refractivity contribution < 1.29 is 9.59 Å². The Kier molecular flexibility index (Phi) is 11.9. The Morgan fingerprint density at radius 3 is 1.79 bits per heavy atom. The van der Waals surface area contributed by atoms with Gasteiger partial charge in [-0.25, -0.2) is 9.98 Å². The molecule has 0 spiro atoms. The summed E-state index contributed by atoms with van der Waals surface area (Å²) in [4.78, 5) is 39.2. The molecule has 0 aliphatic carbocycles. The first kappa shape index (κ1) is 32.2. The molecule has 0 fully saturated rings. The smallest absolute Gasteiger partial charge is 0.261 e. The van der Waals surface area contributed by atoms with Gasteiger partial charge in [0.2, 0.25) is 0 Å². The van der Waals surface area contributed by atoms with Gasteiger partial charge in [0.05, 0.1) is 21.8 Å². The largest absolute Gasteiger partial charge is 0.386 e. The highest BCUT2D eigenvalue weighted by molar-refractivity contribution is 7.14. The topological polar surface area (TPSA) is 121 Å². The standard InChI is InChI=1S/C29H44N6O2S2/c1-10-11-16-29(8,34-25(30)23(17(2)3)32-27(36)21-14-12-19(6)38-21)35-26(31-9)24(18(4)5)33-28(37)22-15-13-20(7)39-22/h11-18,23-24H,10H2,1-9H3,(H2,30,34)(H,31,35)(H,32,36)(H,33,37)/b16-11-/t23-,24-,29?/m0/s1. The summed E-state index contributed by atoms with van der Waals surface area (Å²) in [5.41, 5.74) is 5.50. The van der Waals surface area contributed by atoms with Crippen molar-refractivity contribution in [2.45, 2.75) is 79.6 Å². The molecule has 0 bridgehead atoms. The molecule has 39 heavy (non-hydrogen) atoms. The maximum Gasteiger partial charge on any atom is 0.261 e. The zero-order valence-electron chi connectivity index (χ0n) is 24.6. The Labute approximate surface area is 241 Å². The fourth-order valence-electron chi connectivity index (χ4n) is 3.97. The number of amides is 2. The summed E-state index contributed by atoms with van der Waals surface area (Å²) in [6.45, 7) is 15.9. The van der Waals surface area contributed by atoms with Gasteiger partial charge in [-0.15, -0.1) is 22.7 Å². The van der Waals surface area contributed by atoms with E-state index in [1.165, 1.54) is 22.7 Å². The molecule has 0 aromatic carbocycles. The summed E-state index contributed by atoms with van der Waals surface area (Å²) in [5, 5.41) is 9.37. The fraction of sp³-hybridized carbons (Fsp3) is 0.517. The van der Waals surface area contributed by atoms with Gasteiger partial charge in [0.25, 0.3) is 11.8 Å². The fourth-order valence-corrected chi connectivity index (χ4v) is 5.51. The van der Waals surface area contributed by atoms with Crippen molar-refractivity contribution in [1.29, 1.82) is 0 Å². The van der Waals surface area contributed by atoms with E-state index in [4.69, 9.17) is 15.7 Å². The average molecular weight is 573 g/mol. The maximum atomic E-state index is 13.0. The number of hydrogen-bond acceptors (Lipinski definition) is 6. The van der Waals surface area contributed by atoms with Crippen LogP contribution in [0.1, 0.15) is 77.1 Å². The number of rotatable bonds is 12. The van der Waals surface area contributed by atoms with Crippen LogP contribution in [-0.2, 0) is 0 Å². The van der Waals surface area contributed by atoms with E-state index in [2.05, 4.69) is 16.0 Å². The van der Waals surface area contributed by atoms with Crippen molar-refractivity contribution >= 4 is 46.2 Å². The van der Waals surface area contributed by atoms with Crippen LogP contribution in [0.2, 0.25) is 0 Å². The molecule has 0 aliphatic heterocycles. The van der Waals surface area contributed by atoms with Crippen LogP contribution in [0.15, 0.2) is 46.4 Å². The predicted octanol–water partition coefficient (Wildman–Crippen LogP) is 5.29. The average Bonchev–Trinajstić information content (AvgIpc) is 3.50. The summed E-state index contributed by atoms with van der Waals surface area (Å²) in [6.07, 6.45) is 4.68. The molecule has 0 aliphatic rings. The van der Waals surface area contributed by atoms with Crippen LogP contribution in [0, 0.1) is 25.7 Å². The molecule has 8 nitrogen and oxygen atoms in total. The number of thiophene rings is 2. The Balaban J connectivity index is 2.44. The number of hydrogen-bond donors (Lipinski definition) is 4. The van der Waals surface area contributed by atoms with E-state index in [0.717, 1.165) is 16.2 Å². The van der Waals surface area contributed by atoms with E-state index in [9.17, 15) is 9.59 Å². The Morgan fingerprint density at radius 2 is 1.41 bits per heavy atom. The minimum atomic E-state index is -1.06. The van der Waals surface area contributed by atoms with E-state index in [1.807, 2.05) is 91.8 Å². The van der Waals surface area contributed by atoms with E-state index in [1.54, 1.807) is 7.05 Å². The van der Waals surface area contributed by atoms with Crippen LogP contribution in [0.25, 0.3) is 0 Å². The third kappa shape index (κ3) is 9.32. The number of carbonyl (C=O) groups is 2. The molecule has 10 heteroatoms. The lowest BCUT2D eigenvalue weighted by Gasteiger charge is -2.29. The van der Waals surface area contributed by atoms with Crippen molar-refractivity contribution in [3.63, 3.8) is 0 Å². The summed E-state index contributed by atoms with van der Waals surface area (Å²) >= 11 is 2.90. The number of aliphatic imine (C=N–C) groups is 2. The van der Waals surface area contributed by atoms with E-state index >= 15 is 0 Å². The number of likely N-dealkylation sites (N-methyl/N-ethyl adjacent to an activating group) is 1. The quantitative estimate of drug-likeness (QED) is 0.157. The first-order chi connectivity index (χ1) is 18.3. The SMILES string of the molecule is CC/C=C\C(C)(/N=C(\N)[C@@H](NC(=O)c1ccc(C)s1)C(C)C)/N=C(\NC)[C@@H](NC(=O)c1ccc(C)s1)C(C)C. The van der Waals surface area contributed by atoms with Gasteiger partial charge in [-0.1, -0.05) is 40.7 Å². The van der Waals surface area contributed by atoms with Crippen molar-refractivity contribution in [2.24, 2.45) is 27.6 Å². The number of amidine groups is 2. The zero-order chi connectivity index (χ0) is 29.3. The lowest BCUT2D eigenvalue weighted by Crippen LogP contribution is -2.50. The number of allylic oxidation sites excluding steroid dienone is 1. The second-order valence-corrected chi connectivity index (χ2v) is 13.0. The van der Waals surface area contributed by atoms with Crippen molar-refractivity contribution in [2.75, 3.05) is 7.05 Å². The minimum absolute atomic E-state index is 0.00265. The molecule has 2 amide bonds. The number of nitrogens with one attached hydrogen (secondary N) is 3. The van der Waals surface area contributed by atoms with Gasteiger partial charge < -0.3 is 21.7 Å². The highest BCUT2D eigenvalue weighted by Gasteiger charge is 2.29. The minimum Gasteiger partial charge on any atom is -0.386 e. The van der Waals surface area contributed by atoms with Gasteiger partial charge in [0.15, 0.2) is 5.66 Å². The molecule has 2 aromatic heterocycles. The van der Waals surface area contributed by atoms with Gasteiger partial charge in [0, 0.05) is 16.8 Å². The highest BCUT2D eigenvalue weighted by atomic mass is 32.1. The van der Waals surface area contributed by atoms with Crippen molar-refractivity contribution in [3.8, 4) is 0 Å². The van der Waals surface area contributed by atoms with E-state index < -0.39 is 11.7 Å². The van der Waals surface area contributed by atoms with E-state index in [-0.39, 0.29) is 35.5 Å². The monoisotopic (exact) mass is 572 g/mol. The molecule has 3 atom stereocenters. The van der Waals surface area contributed by atoms with Crippen LogP contribution >= 0.6 is 22.7 Å². The molecule has 0 saturated carbocycles. The van der Waals surface area contributed by atoms with Gasteiger partial charge in [-0.3, -0.25) is 9.59 Å². The molecule has 2 heterocycles. The van der Waals surface area contributed by atoms with Gasteiger partial charge in [0.1, 0.15) is 11.7 Å². The molecule has 0 saturated heterocycles. The third-order valence-corrected chi connectivity index (χ3v) is 8.07. The second kappa shape index (κ2) is 14.4. The normalized spacial score (nSPS) is 15.9. The summed E-state index contributed by atoms with van der Waals surface area (Å²) in [7, 11) is 1.78. The molecule has 2 rings (SSSR count). The number of nitrogens with zero attached hydrogens (tertiary/aromatic N) is 2. The molecule has 214 valence electrons. The molecular formula is C29H44N6O2S2. The van der Waals surface area contributed by atoms with E-state index in [0.29, 0.717) is 15.6 Å². The zero-order valence-corrected chi connectivity index (χ0v) is 26.2. The van der Waals surface area contributed by atoms with Crippen LogP contribution in [0.4, 0.5) is 0 Å². The molecule has 5 N–H and O–H groups in total. The summed E-state index contributed by atoms with van der Waals surface area (Å²) in [5.74, 6) is 0.609. The highest BCUT2D eigenvalue weighted by Crippen LogP contribution is 2.21. The lowest BCUT2D eigenvalue weighted by atomic mass is 10.0. The van der Waals surface area contributed by atoms with Crippen LogP contribution in [0.5, 0.6) is 0 Å².